The maximum atomic E-state index is 5.79. The van der Waals surface area contributed by atoms with Gasteiger partial charge >= 0.3 is 0 Å². The van der Waals surface area contributed by atoms with Crippen molar-refractivity contribution in [3.63, 3.8) is 0 Å². The molecular weight excluding hydrogens is 220 g/mol. The Morgan fingerprint density at radius 2 is 2.64 bits per heavy atom. The summed E-state index contributed by atoms with van der Waals surface area (Å²) in [6.07, 6.45) is 3.55. The number of thiazole rings is 1. The van der Waals surface area contributed by atoms with E-state index in [4.69, 9.17) is 16.3 Å². The van der Waals surface area contributed by atoms with E-state index in [2.05, 4.69) is 9.88 Å². The van der Waals surface area contributed by atoms with Crippen molar-refractivity contribution in [1.82, 2.24) is 9.88 Å². The Morgan fingerprint density at radius 3 is 3.21 bits per heavy atom. The van der Waals surface area contributed by atoms with E-state index in [0.717, 1.165) is 19.7 Å². The first kappa shape index (κ1) is 9.09. The number of rotatable bonds is 2. The normalized spacial score (nSPS) is 31.5. The number of ether oxygens (including phenoxy) is 1. The SMILES string of the molecule is Clc1ncc(CN2CC3CC2CO3)s1. The van der Waals surface area contributed by atoms with Crippen molar-refractivity contribution in [3.8, 4) is 0 Å². The van der Waals surface area contributed by atoms with Gasteiger partial charge < -0.3 is 4.74 Å². The third-order valence-electron chi connectivity index (χ3n) is 2.90. The molecule has 2 saturated heterocycles. The average molecular weight is 231 g/mol. The quantitative estimate of drug-likeness (QED) is 0.775. The van der Waals surface area contributed by atoms with Crippen LogP contribution in [0.3, 0.4) is 0 Å². The Morgan fingerprint density at radius 1 is 1.71 bits per heavy atom. The Balaban J connectivity index is 1.68. The molecule has 5 heteroatoms. The molecule has 14 heavy (non-hydrogen) atoms. The molecule has 0 aromatic carbocycles. The number of hydrogen-bond acceptors (Lipinski definition) is 4. The van der Waals surface area contributed by atoms with Gasteiger partial charge in [0.25, 0.3) is 0 Å². The van der Waals surface area contributed by atoms with Gasteiger partial charge in [-0.25, -0.2) is 4.98 Å². The summed E-state index contributed by atoms with van der Waals surface area (Å²) in [5.41, 5.74) is 0. The zero-order valence-electron chi connectivity index (χ0n) is 7.65. The van der Waals surface area contributed by atoms with Gasteiger partial charge in [0, 0.05) is 30.2 Å². The van der Waals surface area contributed by atoms with E-state index in [1.807, 2.05) is 6.20 Å². The fraction of sp³-hybridized carbons (Fsp3) is 0.667. The van der Waals surface area contributed by atoms with Crippen LogP contribution in [0.1, 0.15) is 11.3 Å². The van der Waals surface area contributed by atoms with Crippen molar-refractivity contribution >= 4 is 22.9 Å². The molecule has 3 rings (SSSR count). The van der Waals surface area contributed by atoms with Gasteiger partial charge in [-0.2, -0.15) is 0 Å². The van der Waals surface area contributed by atoms with Crippen LogP contribution in [0.15, 0.2) is 6.20 Å². The van der Waals surface area contributed by atoms with Crippen LogP contribution in [-0.2, 0) is 11.3 Å². The van der Waals surface area contributed by atoms with Crippen molar-refractivity contribution in [3.05, 3.63) is 15.5 Å². The van der Waals surface area contributed by atoms with E-state index >= 15 is 0 Å². The fourth-order valence-corrected chi connectivity index (χ4v) is 3.23. The van der Waals surface area contributed by atoms with Crippen LogP contribution >= 0.6 is 22.9 Å². The highest BCUT2D eigenvalue weighted by atomic mass is 35.5. The Bertz CT molecular complexity index is 343. The number of fused-ring (bicyclic) bond motifs is 2. The second-order valence-corrected chi connectivity index (χ2v) is 5.55. The van der Waals surface area contributed by atoms with E-state index in [1.165, 1.54) is 11.3 Å². The number of morpholine rings is 1. The number of hydrogen-bond donors (Lipinski definition) is 0. The molecular formula is C9H11ClN2OS. The molecule has 3 nitrogen and oxygen atoms in total. The Labute approximate surface area is 91.6 Å². The zero-order chi connectivity index (χ0) is 9.54. The molecule has 0 saturated carbocycles. The summed E-state index contributed by atoms with van der Waals surface area (Å²) < 4.78 is 6.18. The molecule has 3 heterocycles. The standard InChI is InChI=1S/C9H11ClN2OS/c10-9-11-2-8(14-9)4-12-3-7-1-6(12)5-13-7/h2,6-7H,1,3-5H2. The van der Waals surface area contributed by atoms with E-state index in [1.54, 1.807) is 11.3 Å². The molecule has 0 aliphatic carbocycles. The summed E-state index contributed by atoms with van der Waals surface area (Å²) in [6.45, 7) is 2.95. The minimum absolute atomic E-state index is 0.475. The molecule has 2 aliphatic heterocycles. The smallest absolute Gasteiger partial charge is 0.183 e. The summed E-state index contributed by atoms with van der Waals surface area (Å²) in [4.78, 5) is 7.77. The molecule has 2 atom stereocenters. The van der Waals surface area contributed by atoms with Crippen LogP contribution in [0, 0.1) is 0 Å². The predicted molar refractivity (Wildman–Crippen MR) is 55.7 cm³/mol. The average Bonchev–Trinajstić information content (AvgIpc) is 2.82. The highest BCUT2D eigenvalue weighted by Gasteiger charge is 2.38. The van der Waals surface area contributed by atoms with Crippen molar-refractivity contribution < 1.29 is 4.74 Å². The molecule has 0 amide bonds. The van der Waals surface area contributed by atoms with Crippen LogP contribution in [0.5, 0.6) is 0 Å². The monoisotopic (exact) mass is 230 g/mol. The summed E-state index contributed by atoms with van der Waals surface area (Å²) in [5.74, 6) is 0. The largest absolute Gasteiger partial charge is 0.375 e. The van der Waals surface area contributed by atoms with Crippen LogP contribution < -0.4 is 0 Å². The summed E-state index contributed by atoms with van der Waals surface area (Å²) in [7, 11) is 0. The molecule has 0 spiro atoms. The van der Waals surface area contributed by atoms with Crippen LogP contribution in [0.25, 0.3) is 0 Å². The maximum absolute atomic E-state index is 5.79. The minimum Gasteiger partial charge on any atom is -0.375 e. The number of nitrogens with zero attached hydrogens (tertiary/aromatic N) is 2. The Hall–Kier alpha value is -0.160. The second-order valence-electron chi connectivity index (χ2n) is 3.85. The lowest BCUT2D eigenvalue weighted by Crippen LogP contribution is -2.36. The van der Waals surface area contributed by atoms with Crippen LogP contribution in [0.4, 0.5) is 0 Å². The van der Waals surface area contributed by atoms with Gasteiger partial charge in [0.05, 0.1) is 12.7 Å². The van der Waals surface area contributed by atoms with E-state index in [-0.39, 0.29) is 0 Å². The topological polar surface area (TPSA) is 25.4 Å². The summed E-state index contributed by atoms with van der Waals surface area (Å²) >= 11 is 7.36. The molecule has 1 aromatic heterocycles. The van der Waals surface area contributed by atoms with Crippen molar-refractivity contribution in [2.45, 2.75) is 25.1 Å². The van der Waals surface area contributed by atoms with Crippen molar-refractivity contribution in [2.75, 3.05) is 13.2 Å². The lowest BCUT2D eigenvalue weighted by Gasteiger charge is -2.25. The molecule has 0 N–H and O–H groups in total. The molecule has 2 fully saturated rings. The van der Waals surface area contributed by atoms with Gasteiger partial charge in [0.15, 0.2) is 4.47 Å². The minimum atomic E-state index is 0.475. The van der Waals surface area contributed by atoms with Gasteiger partial charge in [-0.05, 0) is 6.42 Å². The first-order chi connectivity index (χ1) is 6.81. The number of aromatic nitrogens is 1. The van der Waals surface area contributed by atoms with Gasteiger partial charge in [0.2, 0.25) is 0 Å². The Kier molecular flexibility index (Phi) is 2.24. The van der Waals surface area contributed by atoms with E-state index in [9.17, 15) is 0 Å². The first-order valence-electron chi connectivity index (χ1n) is 4.77. The van der Waals surface area contributed by atoms with Crippen LogP contribution in [-0.4, -0.2) is 35.2 Å². The van der Waals surface area contributed by atoms with Crippen molar-refractivity contribution in [1.29, 1.82) is 0 Å². The van der Waals surface area contributed by atoms with Gasteiger partial charge in [-0.3, -0.25) is 4.90 Å². The molecule has 0 radical (unpaired) electrons. The molecule has 2 unspecified atom stereocenters. The van der Waals surface area contributed by atoms with Gasteiger partial charge in [-0.15, -0.1) is 11.3 Å². The number of likely N-dealkylation sites (tertiary alicyclic amines) is 1. The highest BCUT2D eigenvalue weighted by molar-refractivity contribution is 7.15. The molecule has 2 bridgehead atoms. The third kappa shape index (κ3) is 1.56. The van der Waals surface area contributed by atoms with Gasteiger partial charge in [-0.1, -0.05) is 11.6 Å². The zero-order valence-corrected chi connectivity index (χ0v) is 9.22. The molecule has 2 aliphatic rings. The van der Waals surface area contributed by atoms with Crippen molar-refractivity contribution in [2.24, 2.45) is 0 Å². The second kappa shape index (κ2) is 3.45. The number of halogens is 1. The predicted octanol–water partition coefficient (Wildman–Crippen LogP) is 1.77. The third-order valence-corrected chi connectivity index (χ3v) is 4.00. The first-order valence-corrected chi connectivity index (χ1v) is 5.96. The van der Waals surface area contributed by atoms with Crippen LogP contribution in [0.2, 0.25) is 4.47 Å². The maximum Gasteiger partial charge on any atom is 0.183 e. The molecule has 1 aromatic rings. The van der Waals surface area contributed by atoms with E-state index < -0.39 is 0 Å². The summed E-state index contributed by atoms with van der Waals surface area (Å²) in [6, 6.07) is 0.626. The lowest BCUT2D eigenvalue weighted by atomic mass is 10.2. The van der Waals surface area contributed by atoms with E-state index in [0.29, 0.717) is 16.6 Å². The lowest BCUT2D eigenvalue weighted by molar-refractivity contribution is 0.0277. The summed E-state index contributed by atoms with van der Waals surface area (Å²) in [5, 5.41) is 0. The molecule has 76 valence electrons. The highest BCUT2D eigenvalue weighted by Crippen LogP contribution is 2.30. The fourth-order valence-electron chi connectivity index (χ4n) is 2.23. The van der Waals surface area contributed by atoms with Gasteiger partial charge in [0.1, 0.15) is 0 Å².